The van der Waals surface area contributed by atoms with Crippen LogP contribution in [-0.4, -0.2) is 17.0 Å². The van der Waals surface area contributed by atoms with E-state index in [1.165, 1.54) is 16.0 Å². The average Bonchev–Trinajstić information content (AvgIpc) is 2.34. The van der Waals surface area contributed by atoms with Crippen molar-refractivity contribution in [2.24, 2.45) is 0 Å². The molecule has 0 atom stereocenters. The van der Waals surface area contributed by atoms with E-state index in [4.69, 9.17) is 0 Å². The molecule has 0 aliphatic heterocycles. The topological polar surface area (TPSA) is 37.8 Å². The van der Waals surface area contributed by atoms with Gasteiger partial charge in [0, 0.05) is 18.1 Å². The van der Waals surface area contributed by atoms with E-state index < -0.39 is 0 Å². The molecule has 0 saturated carbocycles. The van der Waals surface area contributed by atoms with Gasteiger partial charge in [0.2, 0.25) is 5.95 Å². The summed E-state index contributed by atoms with van der Waals surface area (Å²) in [6.07, 6.45) is 1.77. The van der Waals surface area contributed by atoms with Gasteiger partial charge in [-0.3, -0.25) is 0 Å². The van der Waals surface area contributed by atoms with Gasteiger partial charge in [0.1, 0.15) is 5.03 Å². The third kappa shape index (κ3) is 2.97. The largest absolute Gasteiger partial charge is 0.357 e. The van der Waals surface area contributed by atoms with Crippen LogP contribution in [0.5, 0.6) is 0 Å². The van der Waals surface area contributed by atoms with Crippen LogP contribution in [0, 0.1) is 13.8 Å². The number of hydrogen-bond donors (Lipinski definition) is 1. The summed E-state index contributed by atoms with van der Waals surface area (Å²) in [6, 6.07) is 8.36. The first-order chi connectivity index (χ1) is 8.19. The lowest BCUT2D eigenvalue weighted by Crippen LogP contribution is -1.95. The molecule has 0 saturated heterocycles. The van der Waals surface area contributed by atoms with Crippen LogP contribution in [0.1, 0.15) is 11.1 Å². The molecule has 0 aliphatic rings. The fourth-order valence-corrected chi connectivity index (χ4v) is 2.29. The molecule has 88 valence electrons. The van der Waals surface area contributed by atoms with E-state index in [2.05, 4.69) is 47.3 Å². The molecule has 0 amide bonds. The summed E-state index contributed by atoms with van der Waals surface area (Å²) in [4.78, 5) is 9.68. The van der Waals surface area contributed by atoms with Crippen LogP contribution in [0.15, 0.2) is 40.4 Å². The molecule has 1 aromatic carbocycles. The summed E-state index contributed by atoms with van der Waals surface area (Å²) >= 11 is 1.65. The van der Waals surface area contributed by atoms with E-state index in [1.807, 2.05) is 13.1 Å². The number of rotatable bonds is 3. The van der Waals surface area contributed by atoms with Gasteiger partial charge in [-0.25, -0.2) is 9.97 Å². The Bertz CT molecular complexity index is 526. The van der Waals surface area contributed by atoms with Gasteiger partial charge in [0.05, 0.1) is 0 Å². The van der Waals surface area contributed by atoms with Crippen LogP contribution < -0.4 is 5.32 Å². The molecule has 0 bridgehead atoms. The van der Waals surface area contributed by atoms with Crippen molar-refractivity contribution in [3.05, 3.63) is 41.6 Å². The molecule has 0 spiro atoms. The van der Waals surface area contributed by atoms with Crippen molar-refractivity contribution in [1.29, 1.82) is 0 Å². The highest BCUT2D eigenvalue weighted by atomic mass is 32.2. The molecule has 2 aromatic rings. The van der Waals surface area contributed by atoms with Crippen molar-refractivity contribution in [2.75, 3.05) is 12.4 Å². The predicted molar refractivity (Wildman–Crippen MR) is 71.6 cm³/mol. The predicted octanol–water partition coefficient (Wildman–Crippen LogP) is 3.29. The highest BCUT2D eigenvalue weighted by Crippen LogP contribution is 2.27. The molecule has 17 heavy (non-hydrogen) atoms. The van der Waals surface area contributed by atoms with Crippen molar-refractivity contribution in [1.82, 2.24) is 9.97 Å². The Morgan fingerprint density at radius 2 is 1.94 bits per heavy atom. The van der Waals surface area contributed by atoms with Crippen molar-refractivity contribution in [3.63, 3.8) is 0 Å². The number of benzene rings is 1. The zero-order valence-electron chi connectivity index (χ0n) is 10.2. The number of aryl methyl sites for hydroxylation is 2. The molecule has 0 fully saturated rings. The van der Waals surface area contributed by atoms with E-state index in [0.29, 0.717) is 5.95 Å². The second-order valence-electron chi connectivity index (χ2n) is 3.82. The fourth-order valence-electron chi connectivity index (χ4n) is 1.42. The second-order valence-corrected chi connectivity index (χ2v) is 4.91. The van der Waals surface area contributed by atoms with Crippen LogP contribution in [0.3, 0.4) is 0 Å². The van der Waals surface area contributed by atoms with Crippen LogP contribution in [-0.2, 0) is 0 Å². The molecule has 0 aliphatic carbocycles. The van der Waals surface area contributed by atoms with E-state index >= 15 is 0 Å². The summed E-state index contributed by atoms with van der Waals surface area (Å²) in [7, 11) is 1.82. The third-order valence-electron chi connectivity index (χ3n) is 2.55. The maximum atomic E-state index is 4.38. The molecule has 1 aromatic heterocycles. The normalized spacial score (nSPS) is 10.3. The molecular weight excluding hydrogens is 230 g/mol. The van der Waals surface area contributed by atoms with Crippen molar-refractivity contribution < 1.29 is 0 Å². The zero-order valence-corrected chi connectivity index (χ0v) is 11.0. The second kappa shape index (κ2) is 5.19. The molecule has 1 heterocycles. The van der Waals surface area contributed by atoms with Gasteiger partial charge in [-0.2, -0.15) is 0 Å². The van der Waals surface area contributed by atoms with E-state index in [-0.39, 0.29) is 0 Å². The van der Waals surface area contributed by atoms with Crippen molar-refractivity contribution in [2.45, 2.75) is 23.8 Å². The highest BCUT2D eigenvalue weighted by Gasteiger charge is 2.02. The molecular formula is C13H15N3S. The first-order valence-corrected chi connectivity index (χ1v) is 6.26. The Hall–Kier alpha value is -1.55. The first-order valence-electron chi connectivity index (χ1n) is 5.45. The number of aromatic nitrogens is 2. The minimum absolute atomic E-state index is 0.652. The van der Waals surface area contributed by atoms with Gasteiger partial charge >= 0.3 is 0 Å². The minimum atomic E-state index is 0.652. The zero-order chi connectivity index (χ0) is 12.3. The van der Waals surface area contributed by atoms with Gasteiger partial charge in [0.15, 0.2) is 0 Å². The van der Waals surface area contributed by atoms with Gasteiger partial charge < -0.3 is 5.32 Å². The highest BCUT2D eigenvalue weighted by molar-refractivity contribution is 7.99. The van der Waals surface area contributed by atoms with Crippen LogP contribution in [0.4, 0.5) is 5.95 Å². The van der Waals surface area contributed by atoms with Crippen molar-refractivity contribution in [3.8, 4) is 0 Å². The Kier molecular flexibility index (Phi) is 3.64. The molecule has 0 unspecified atom stereocenters. The summed E-state index contributed by atoms with van der Waals surface area (Å²) in [5, 5.41) is 3.89. The minimum Gasteiger partial charge on any atom is -0.357 e. The standard InChI is InChI=1S/C13H15N3S/c1-9-4-5-11(8-10(9)2)17-12-6-7-15-13(14-3)16-12/h4-8H,1-3H3,(H,14,15,16). The average molecular weight is 245 g/mol. The summed E-state index contributed by atoms with van der Waals surface area (Å²) in [5.74, 6) is 0.652. The number of hydrogen-bond acceptors (Lipinski definition) is 4. The van der Waals surface area contributed by atoms with Crippen LogP contribution in [0.25, 0.3) is 0 Å². The Labute approximate surface area is 106 Å². The smallest absolute Gasteiger partial charge is 0.223 e. The maximum absolute atomic E-state index is 4.38. The number of anilines is 1. The van der Waals surface area contributed by atoms with E-state index in [9.17, 15) is 0 Å². The summed E-state index contributed by atoms with van der Waals surface area (Å²) < 4.78 is 0. The lowest BCUT2D eigenvalue weighted by atomic mass is 10.1. The van der Waals surface area contributed by atoms with Crippen LogP contribution in [0.2, 0.25) is 0 Å². The monoisotopic (exact) mass is 245 g/mol. The Morgan fingerprint density at radius 1 is 1.12 bits per heavy atom. The lowest BCUT2D eigenvalue weighted by molar-refractivity contribution is 1.04. The molecule has 2 rings (SSSR count). The first kappa shape index (κ1) is 11.9. The Morgan fingerprint density at radius 3 is 2.65 bits per heavy atom. The summed E-state index contributed by atoms with van der Waals surface area (Å²) in [5.41, 5.74) is 2.62. The SMILES string of the molecule is CNc1nccc(Sc2ccc(C)c(C)c2)n1. The maximum Gasteiger partial charge on any atom is 0.223 e. The number of nitrogens with one attached hydrogen (secondary N) is 1. The molecule has 1 N–H and O–H groups in total. The lowest BCUT2D eigenvalue weighted by Gasteiger charge is -2.05. The van der Waals surface area contributed by atoms with Crippen molar-refractivity contribution >= 4 is 17.7 Å². The molecule has 0 radical (unpaired) electrons. The summed E-state index contributed by atoms with van der Waals surface area (Å²) in [6.45, 7) is 4.24. The van der Waals surface area contributed by atoms with E-state index in [0.717, 1.165) is 5.03 Å². The van der Waals surface area contributed by atoms with Crippen LogP contribution >= 0.6 is 11.8 Å². The van der Waals surface area contributed by atoms with Gasteiger partial charge in [-0.1, -0.05) is 17.8 Å². The quantitative estimate of drug-likeness (QED) is 0.842. The van der Waals surface area contributed by atoms with E-state index in [1.54, 1.807) is 18.0 Å². The Balaban J connectivity index is 2.22. The molecule has 3 nitrogen and oxygen atoms in total. The fraction of sp³-hybridized carbons (Fsp3) is 0.231. The van der Waals surface area contributed by atoms with Gasteiger partial charge in [-0.05, 0) is 43.2 Å². The number of nitrogens with zero attached hydrogens (tertiary/aromatic N) is 2. The molecule has 4 heteroatoms. The van der Waals surface area contributed by atoms with Gasteiger partial charge in [0.25, 0.3) is 0 Å². The van der Waals surface area contributed by atoms with Gasteiger partial charge in [-0.15, -0.1) is 0 Å². The third-order valence-corrected chi connectivity index (χ3v) is 3.48.